The molecule has 0 aliphatic heterocycles. The number of carbonyl (C=O) groups excluding carboxylic acids is 1. The van der Waals surface area contributed by atoms with Gasteiger partial charge < -0.3 is 10.6 Å². The smallest absolute Gasteiger partial charge is 0.274 e. The van der Waals surface area contributed by atoms with E-state index in [4.69, 9.17) is 11.6 Å². The van der Waals surface area contributed by atoms with Crippen LogP contribution in [0.3, 0.4) is 0 Å². The number of nitrogens with one attached hydrogen (secondary N) is 2. The van der Waals surface area contributed by atoms with Crippen LogP contribution in [0.5, 0.6) is 0 Å². The van der Waals surface area contributed by atoms with Crippen molar-refractivity contribution >= 4 is 29.0 Å². The predicted octanol–water partition coefficient (Wildman–Crippen LogP) is 3.88. The van der Waals surface area contributed by atoms with Crippen LogP contribution in [0.25, 0.3) is 0 Å². The predicted molar refractivity (Wildman–Crippen MR) is 92.3 cm³/mol. The standard InChI is InChI=1S/C17H19ClN4O/c1-9-6-10(2)16(13(18)7-9)22-17(23)14-8-15(20-11(3)19-14)21-12-4-5-12/h6-8,12H,4-5H2,1-3H3,(H,22,23)(H,19,20,21). The van der Waals surface area contributed by atoms with Crippen LogP contribution in [0, 0.1) is 20.8 Å². The molecule has 23 heavy (non-hydrogen) atoms. The maximum Gasteiger partial charge on any atom is 0.274 e. The van der Waals surface area contributed by atoms with Crippen LogP contribution in [0.1, 0.15) is 40.3 Å². The summed E-state index contributed by atoms with van der Waals surface area (Å²) in [6.07, 6.45) is 2.28. The van der Waals surface area contributed by atoms with Gasteiger partial charge in [-0.1, -0.05) is 17.7 Å². The van der Waals surface area contributed by atoms with E-state index in [1.807, 2.05) is 26.0 Å². The van der Waals surface area contributed by atoms with Crippen LogP contribution in [0.15, 0.2) is 18.2 Å². The van der Waals surface area contributed by atoms with Crippen molar-refractivity contribution in [2.24, 2.45) is 0 Å². The fraction of sp³-hybridized carbons (Fsp3) is 0.353. The number of aromatic nitrogens is 2. The Morgan fingerprint density at radius 1 is 1.17 bits per heavy atom. The minimum atomic E-state index is -0.289. The summed E-state index contributed by atoms with van der Waals surface area (Å²) in [6, 6.07) is 5.95. The number of nitrogens with zero attached hydrogens (tertiary/aromatic N) is 2. The molecule has 1 aromatic carbocycles. The first-order chi connectivity index (χ1) is 10.9. The Morgan fingerprint density at radius 3 is 2.57 bits per heavy atom. The number of anilines is 2. The van der Waals surface area contributed by atoms with Gasteiger partial charge in [0.2, 0.25) is 0 Å². The third-order valence-corrected chi connectivity index (χ3v) is 3.97. The zero-order valence-corrected chi connectivity index (χ0v) is 14.2. The van der Waals surface area contributed by atoms with Gasteiger partial charge in [0.1, 0.15) is 17.3 Å². The van der Waals surface area contributed by atoms with Crippen molar-refractivity contribution in [3.8, 4) is 0 Å². The van der Waals surface area contributed by atoms with Crippen molar-refractivity contribution in [1.82, 2.24) is 9.97 Å². The van der Waals surface area contributed by atoms with Gasteiger partial charge in [-0.05, 0) is 50.8 Å². The molecule has 0 saturated heterocycles. The number of benzene rings is 1. The van der Waals surface area contributed by atoms with Crippen molar-refractivity contribution in [3.05, 3.63) is 45.9 Å². The summed E-state index contributed by atoms with van der Waals surface area (Å²) in [5, 5.41) is 6.67. The summed E-state index contributed by atoms with van der Waals surface area (Å²) in [5.74, 6) is 0.965. The molecule has 0 unspecified atom stereocenters. The van der Waals surface area contributed by atoms with Crippen molar-refractivity contribution in [2.45, 2.75) is 39.7 Å². The molecule has 1 aliphatic carbocycles. The van der Waals surface area contributed by atoms with Crippen molar-refractivity contribution in [1.29, 1.82) is 0 Å². The molecule has 1 fully saturated rings. The first kappa shape index (κ1) is 15.7. The number of aryl methyl sites for hydroxylation is 3. The highest BCUT2D eigenvalue weighted by molar-refractivity contribution is 6.34. The van der Waals surface area contributed by atoms with Crippen LogP contribution >= 0.6 is 11.6 Å². The lowest BCUT2D eigenvalue weighted by Crippen LogP contribution is -2.17. The second-order valence-electron chi connectivity index (χ2n) is 6.00. The first-order valence-corrected chi connectivity index (χ1v) is 8.00. The summed E-state index contributed by atoms with van der Waals surface area (Å²) in [6.45, 7) is 5.66. The average Bonchev–Trinajstić information content (AvgIpc) is 3.25. The molecule has 6 heteroatoms. The topological polar surface area (TPSA) is 66.9 Å². The Kier molecular flexibility index (Phi) is 4.22. The van der Waals surface area contributed by atoms with E-state index in [0.717, 1.165) is 24.0 Å². The Balaban J connectivity index is 1.84. The van der Waals surface area contributed by atoms with Gasteiger partial charge in [-0.3, -0.25) is 4.79 Å². The number of amides is 1. The minimum Gasteiger partial charge on any atom is -0.367 e. The fourth-order valence-electron chi connectivity index (χ4n) is 2.45. The molecular weight excluding hydrogens is 312 g/mol. The molecule has 1 aliphatic rings. The number of hydrogen-bond acceptors (Lipinski definition) is 4. The number of hydrogen-bond donors (Lipinski definition) is 2. The maximum atomic E-state index is 12.5. The van der Waals surface area contributed by atoms with Gasteiger partial charge in [0.05, 0.1) is 10.7 Å². The summed E-state index contributed by atoms with van der Waals surface area (Å²) in [4.78, 5) is 21.1. The number of rotatable bonds is 4. The lowest BCUT2D eigenvalue weighted by atomic mass is 10.1. The maximum absolute atomic E-state index is 12.5. The van der Waals surface area contributed by atoms with Crippen molar-refractivity contribution in [3.63, 3.8) is 0 Å². The molecule has 1 amide bonds. The van der Waals surface area contributed by atoms with Crippen LogP contribution < -0.4 is 10.6 Å². The molecule has 1 aromatic heterocycles. The summed E-state index contributed by atoms with van der Waals surface area (Å²) < 4.78 is 0. The molecule has 2 aromatic rings. The largest absolute Gasteiger partial charge is 0.367 e. The zero-order valence-electron chi connectivity index (χ0n) is 13.4. The Labute approximate surface area is 140 Å². The van der Waals surface area contributed by atoms with Crippen molar-refractivity contribution in [2.75, 3.05) is 10.6 Å². The molecule has 0 bridgehead atoms. The van der Waals surface area contributed by atoms with E-state index < -0.39 is 0 Å². The lowest BCUT2D eigenvalue weighted by Gasteiger charge is -2.12. The molecule has 1 heterocycles. The van der Waals surface area contributed by atoms with E-state index in [1.165, 1.54) is 0 Å². The lowest BCUT2D eigenvalue weighted by molar-refractivity contribution is 0.102. The summed E-state index contributed by atoms with van der Waals surface area (Å²) in [5.41, 5.74) is 2.93. The normalized spacial score (nSPS) is 13.7. The van der Waals surface area contributed by atoms with Crippen LogP contribution in [-0.4, -0.2) is 21.9 Å². The molecule has 120 valence electrons. The first-order valence-electron chi connectivity index (χ1n) is 7.62. The van der Waals surface area contributed by atoms with Gasteiger partial charge in [-0.2, -0.15) is 0 Å². The van der Waals surface area contributed by atoms with E-state index in [9.17, 15) is 4.79 Å². The molecule has 3 rings (SSSR count). The third-order valence-electron chi connectivity index (χ3n) is 3.67. The second kappa shape index (κ2) is 6.16. The van der Waals surface area contributed by atoms with Gasteiger partial charge in [0.15, 0.2) is 0 Å². The van der Waals surface area contributed by atoms with Crippen molar-refractivity contribution < 1.29 is 4.79 Å². The summed E-state index contributed by atoms with van der Waals surface area (Å²) >= 11 is 6.25. The molecule has 0 atom stereocenters. The Morgan fingerprint density at radius 2 is 1.91 bits per heavy atom. The molecule has 0 radical (unpaired) electrons. The van der Waals surface area contributed by atoms with E-state index in [-0.39, 0.29) is 5.91 Å². The minimum absolute atomic E-state index is 0.289. The fourth-order valence-corrected chi connectivity index (χ4v) is 2.81. The van der Waals surface area contributed by atoms with E-state index in [0.29, 0.717) is 34.1 Å². The highest BCUT2D eigenvalue weighted by Crippen LogP contribution is 2.28. The quantitative estimate of drug-likeness (QED) is 0.892. The van der Waals surface area contributed by atoms with Crippen LogP contribution in [0.4, 0.5) is 11.5 Å². The molecule has 2 N–H and O–H groups in total. The van der Waals surface area contributed by atoms with Gasteiger partial charge >= 0.3 is 0 Å². The van der Waals surface area contributed by atoms with Gasteiger partial charge in [-0.25, -0.2) is 9.97 Å². The monoisotopic (exact) mass is 330 g/mol. The Hall–Kier alpha value is -2.14. The van der Waals surface area contributed by atoms with E-state index >= 15 is 0 Å². The zero-order chi connectivity index (χ0) is 16.6. The molecule has 1 saturated carbocycles. The van der Waals surface area contributed by atoms with Crippen LogP contribution in [0.2, 0.25) is 5.02 Å². The Bertz CT molecular complexity index is 748. The molecule has 5 nitrogen and oxygen atoms in total. The van der Waals surface area contributed by atoms with E-state index in [1.54, 1.807) is 13.0 Å². The highest BCUT2D eigenvalue weighted by Gasteiger charge is 2.22. The SMILES string of the molecule is Cc1cc(C)c(NC(=O)c2cc(NC3CC3)nc(C)n2)c(Cl)c1. The molecule has 0 spiro atoms. The second-order valence-corrected chi connectivity index (χ2v) is 6.40. The van der Waals surface area contributed by atoms with E-state index in [2.05, 4.69) is 20.6 Å². The van der Waals surface area contributed by atoms with Crippen LogP contribution in [-0.2, 0) is 0 Å². The van der Waals surface area contributed by atoms with Gasteiger partial charge in [-0.15, -0.1) is 0 Å². The summed E-state index contributed by atoms with van der Waals surface area (Å²) in [7, 11) is 0. The van der Waals surface area contributed by atoms with Gasteiger partial charge in [0, 0.05) is 12.1 Å². The molecular formula is C17H19ClN4O. The number of carbonyl (C=O) groups is 1. The average molecular weight is 331 g/mol. The number of halogens is 1. The highest BCUT2D eigenvalue weighted by atomic mass is 35.5. The third kappa shape index (κ3) is 3.79. The van der Waals surface area contributed by atoms with Gasteiger partial charge in [0.25, 0.3) is 5.91 Å².